The maximum absolute atomic E-state index is 10.5. The van der Waals surface area contributed by atoms with E-state index in [4.69, 9.17) is 22.4 Å². The van der Waals surface area contributed by atoms with Crippen molar-refractivity contribution in [1.82, 2.24) is 14.6 Å². The Kier molecular flexibility index (Phi) is 2.76. The number of carbonyl (C=O) groups is 1. The van der Waals surface area contributed by atoms with Crippen molar-refractivity contribution in [2.24, 2.45) is 5.73 Å². The van der Waals surface area contributed by atoms with Gasteiger partial charge in [0, 0.05) is 6.20 Å². The van der Waals surface area contributed by atoms with Crippen molar-refractivity contribution in [3.05, 3.63) is 29.2 Å². The lowest BCUT2D eigenvalue weighted by Crippen LogP contribution is -2.16. The molecule has 2 aromatic heterocycles. The van der Waals surface area contributed by atoms with Gasteiger partial charge in [0.2, 0.25) is 0 Å². The molecule has 0 aliphatic rings. The number of aromatic nitrogens is 3. The van der Waals surface area contributed by atoms with E-state index in [1.165, 1.54) is 4.52 Å². The minimum atomic E-state index is -0.982. The summed E-state index contributed by atoms with van der Waals surface area (Å²) in [5.41, 5.74) is 6.23. The fraction of sp³-hybridized carbons (Fsp3) is 0.222. The first-order valence-corrected chi connectivity index (χ1v) is 4.93. The zero-order valence-corrected chi connectivity index (χ0v) is 8.92. The van der Waals surface area contributed by atoms with Gasteiger partial charge in [-0.3, -0.25) is 4.79 Å². The van der Waals surface area contributed by atoms with E-state index in [2.05, 4.69) is 10.1 Å². The molecule has 2 aromatic rings. The second-order valence-corrected chi connectivity index (χ2v) is 3.76. The third-order valence-corrected chi connectivity index (χ3v) is 2.26. The van der Waals surface area contributed by atoms with Gasteiger partial charge in [-0.1, -0.05) is 11.6 Å². The van der Waals surface area contributed by atoms with Crippen LogP contribution in [0.25, 0.3) is 5.65 Å². The van der Waals surface area contributed by atoms with Gasteiger partial charge in [0.1, 0.15) is 0 Å². The molecule has 0 saturated heterocycles. The van der Waals surface area contributed by atoms with Gasteiger partial charge in [-0.2, -0.15) is 0 Å². The van der Waals surface area contributed by atoms with Crippen molar-refractivity contribution < 1.29 is 9.90 Å². The van der Waals surface area contributed by atoms with Gasteiger partial charge in [-0.25, -0.2) is 9.50 Å². The molecule has 0 fully saturated rings. The van der Waals surface area contributed by atoms with Crippen molar-refractivity contribution in [3.63, 3.8) is 0 Å². The van der Waals surface area contributed by atoms with E-state index in [9.17, 15) is 4.79 Å². The Labute approximate surface area is 95.7 Å². The summed E-state index contributed by atoms with van der Waals surface area (Å²) in [7, 11) is 0. The molecular weight excluding hydrogens is 232 g/mol. The van der Waals surface area contributed by atoms with Gasteiger partial charge in [0.15, 0.2) is 11.5 Å². The number of carboxylic acids is 1. The zero-order valence-electron chi connectivity index (χ0n) is 8.17. The van der Waals surface area contributed by atoms with Crippen LogP contribution in [0.5, 0.6) is 0 Å². The highest BCUT2D eigenvalue weighted by Gasteiger charge is 2.15. The lowest BCUT2D eigenvalue weighted by atomic mass is 10.2. The Hall–Kier alpha value is -1.66. The Morgan fingerprint density at radius 2 is 2.38 bits per heavy atom. The number of carboxylic acid groups (broad SMARTS) is 1. The fourth-order valence-electron chi connectivity index (χ4n) is 1.31. The maximum Gasteiger partial charge on any atom is 0.305 e. The van der Waals surface area contributed by atoms with Crippen LogP contribution >= 0.6 is 11.6 Å². The Bertz CT molecular complexity index is 539. The molecule has 0 aromatic carbocycles. The monoisotopic (exact) mass is 240 g/mol. The molecular formula is C9H9ClN4O2. The molecule has 0 amide bonds. The number of fused-ring (bicyclic) bond motifs is 1. The molecule has 2 rings (SSSR count). The molecule has 1 atom stereocenters. The van der Waals surface area contributed by atoms with E-state index in [1.807, 2.05) is 0 Å². The Balaban J connectivity index is 2.35. The third-order valence-electron chi connectivity index (χ3n) is 2.04. The summed E-state index contributed by atoms with van der Waals surface area (Å²) in [4.78, 5) is 14.6. The maximum atomic E-state index is 10.5. The van der Waals surface area contributed by atoms with Crippen LogP contribution in [0.2, 0.25) is 5.02 Å². The van der Waals surface area contributed by atoms with Crippen molar-refractivity contribution in [3.8, 4) is 0 Å². The standard InChI is InChI=1S/C9H9ClN4O2/c10-5-1-2-7-12-9(13-14(7)4-5)6(11)3-8(15)16/h1-2,4,6H,3,11H2,(H,15,16). The second kappa shape index (κ2) is 4.07. The van der Waals surface area contributed by atoms with E-state index in [0.29, 0.717) is 16.5 Å². The lowest BCUT2D eigenvalue weighted by Gasteiger charge is -2.01. The van der Waals surface area contributed by atoms with Crippen LogP contribution in [0.4, 0.5) is 0 Å². The number of rotatable bonds is 3. The first-order valence-electron chi connectivity index (χ1n) is 4.55. The first-order chi connectivity index (χ1) is 7.56. The summed E-state index contributed by atoms with van der Waals surface area (Å²) in [5, 5.41) is 13.2. The highest BCUT2D eigenvalue weighted by molar-refractivity contribution is 6.30. The molecule has 7 heteroatoms. The lowest BCUT2D eigenvalue weighted by molar-refractivity contribution is -0.137. The molecule has 0 aliphatic heterocycles. The topological polar surface area (TPSA) is 93.5 Å². The Morgan fingerprint density at radius 1 is 1.62 bits per heavy atom. The van der Waals surface area contributed by atoms with E-state index < -0.39 is 12.0 Å². The molecule has 0 spiro atoms. The van der Waals surface area contributed by atoms with E-state index in [1.54, 1.807) is 18.3 Å². The Morgan fingerprint density at radius 3 is 3.06 bits per heavy atom. The van der Waals surface area contributed by atoms with Gasteiger partial charge in [-0.15, -0.1) is 5.10 Å². The summed E-state index contributed by atoms with van der Waals surface area (Å²) in [6.45, 7) is 0. The van der Waals surface area contributed by atoms with Gasteiger partial charge in [0.05, 0.1) is 17.5 Å². The summed E-state index contributed by atoms with van der Waals surface area (Å²) >= 11 is 5.78. The number of nitrogens with zero attached hydrogens (tertiary/aromatic N) is 3. The fourth-order valence-corrected chi connectivity index (χ4v) is 1.47. The molecule has 0 bridgehead atoms. The van der Waals surface area contributed by atoms with Gasteiger partial charge >= 0.3 is 5.97 Å². The first kappa shape index (κ1) is 10.8. The van der Waals surface area contributed by atoms with Crippen molar-refractivity contribution in [2.75, 3.05) is 0 Å². The number of nitrogens with two attached hydrogens (primary N) is 1. The number of hydrogen-bond acceptors (Lipinski definition) is 4. The number of halogens is 1. The summed E-state index contributed by atoms with van der Waals surface area (Å²) in [5.74, 6) is -0.686. The summed E-state index contributed by atoms with van der Waals surface area (Å²) in [6.07, 6.45) is 1.38. The highest BCUT2D eigenvalue weighted by Crippen LogP contribution is 2.13. The third kappa shape index (κ3) is 2.12. The van der Waals surface area contributed by atoms with Crippen molar-refractivity contribution in [1.29, 1.82) is 0 Å². The van der Waals surface area contributed by atoms with Crippen molar-refractivity contribution in [2.45, 2.75) is 12.5 Å². The summed E-state index contributed by atoms with van der Waals surface area (Å²) < 4.78 is 1.47. The van der Waals surface area contributed by atoms with Gasteiger partial charge in [-0.05, 0) is 12.1 Å². The van der Waals surface area contributed by atoms with Gasteiger partial charge < -0.3 is 10.8 Å². The molecule has 0 aliphatic carbocycles. The SMILES string of the molecule is NC(CC(=O)O)c1nc2ccc(Cl)cn2n1. The van der Waals surface area contributed by atoms with Crippen LogP contribution in [0.15, 0.2) is 18.3 Å². The normalized spacial score (nSPS) is 12.9. The molecule has 1 unspecified atom stereocenters. The van der Waals surface area contributed by atoms with Crippen LogP contribution in [0.3, 0.4) is 0 Å². The average Bonchev–Trinajstić information content (AvgIpc) is 2.59. The van der Waals surface area contributed by atoms with Crippen LogP contribution in [0, 0.1) is 0 Å². The number of pyridine rings is 1. The van der Waals surface area contributed by atoms with E-state index in [0.717, 1.165) is 0 Å². The molecule has 6 nitrogen and oxygen atoms in total. The zero-order chi connectivity index (χ0) is 11.7. The predicted octanol–water partition coefficient (Wildman–Crippen LogP) is 0.857. The minimum absolute atomic E-state index is 0.204. The minimum Gasteiger partial charge on any atom is -0.481 e. The molecule has 84 valence electrons. The van der Waals surface area contributed by atoms with E-state index in [-0.39, 0.29) is 6.42 Å². The second-order valence-electron chi connectivity index (χ2n) is 3.32. The van der Waals surface area contributed by atoms with Crippen LogP contribution < -0.4 is 5.73 Å². The number of hydrogen-bond donors (Lipinski definition) is 2. The summed E-state index contributed by atoms with van der Waals surface area (Å²) in [6, 6.07) is 2.65. The van der Waals surface area contributed by atoms with E-state index >= 15 is 0 Å². The highest BCUT2D eigenvalue weighted by atomic mass is 35.5. The molecule has 2 heterocycles. The molecule has 0 saturated carbocycles. The van der Waals surface area contributed by atoms with Crippen LogP contribution in [0.1, 0.15) is 18.3 Å². The smallest absolute Gasteiger partial charge is 0.305 e. The largest absolute Gasteiger partial charge is 0.481 e. The average molecular weight is 241 g/mol. The molecule has 0 radical (unpaired) electrons. The van der Waals surface area contributed by atoms with Crippen LogP contribution in [-0.2, 0) is 4.79 Å². The predicted molar refractivity (Wildman–Crippen MR) is 57.2 cm³/mol. The molecule has 16 heavy (non-hydrogen) atoms. The van der Waals surface area contributed by atoms with Crippen molar-refractivity contribution >= 4 is 23.2 Å². The van der Waals surface area contributed by atoms with Gasteiger partial charge in [0.25, 0.3) is 0 Å². The number of aliphatic carboxylic acids is 1. The molecule has 3 N–H and O–H groups in total. The quantitative estimate of drug-likeness (QED) is 0.830. The van der Waals surface area contributed by atoms with Crippen LogP contribution in [-0.4, -0.2) is 25.7 Å².